The molecule has 0 fully saturated rings. The van der Waals surface area contributed by atoms with Gasteiger partial charge in [0, 0.05) is 17.9 Å². The number of aryl methyl sites for hydroxylation is 1. The normalized spacial score (nSPS) is 13.3. The van der Waals surface area contributed by atoms with Gasteiger partial charge in [-0.05, 0) is 83.2 Å². The fraction of sp³-hybridized carbons (Fsp3) is 0.417. The zero-order valence-electron chi connectivity index (χ0n) is 19.0. The van der Waals surface area contributed by atoms with Crippen LogP contribution in [-0.2, 0) is 22.6 Å². The Balaban J connectivity index is 1.98. The average molecular weight is 442 g/mol. The van der Waals surface area contributed by atoms with Crippen LogP contribution in [0.3, 0.4) is 0 Å². The van der Waals surface area contributed by atoms with Gasteiger partial charge in [0.1, 0.15) is 5.82 Å². The summed E-state index contributed by atoms with van der Waals surface area (Å²) in [5, 5.41) is 5.27. The van der Waals surface area contributed by atoms with E-state index in [0.29, 0.717) is 41.0 Å². The number of aromatic nitrogens is 1. The molecule has 2 amide bonds. The van der Waals surface area contributed by atoms with Gasteiger partial charge in [0.25, 0.3) is 17.6 Å². The van der Waals surface area contributed by atoms with Gasteiger partial charge >= 0.3 is 0 Å². The molecular weight excluding hydrogens is 413 g/mol. The molecule has 0 saturated carbocycles. The predicted octanol–water partition coefficient (Wildman–Crippen LogP) is 3.50. The summed E-state index contributed by atoms with van der Waals surface area (Å²) in [6.45, 7) is 8.18. The second-order valence-corrected chi connectivity index (χ2v) is 8.79. The summed E-state index contributed by atoms with van der Waals surface area (Å²) in [7, 11) is 0. The summed E-state index contributed by atoms with van der Waals surface area (Å²) in [6.07, 6.45) is 2.27. The Labute approximate surface area is 186 Å². The van der Waals surface area contributed by atoms with Crippen LogP contribution in [0, 0.1) is 19.7 Å². The lowest BCUT2D eigenvalue weighted by Gasteiger charge is -2.23. The molecule has 1 aromatic heterocycles. The maximum atomic E-state index is 13.6. The van der Waals surface area contributed by atoms with Crippen molar-refractivity contribution in [1.29, 1.82) is 0 Å². The number of nitrogens with zero attached hydrogens (tertiary/aromatic N) is 1. The highest BCUT2D eigenvalue weighted by molar-refractivity contribution is 6.43. The van der Waals surface area contributed by atoms with E-state index in [0.717, 1.165) is 12.8 Å². The van der Waals surface area contributed by atoms with Crippen molar-refractivity contribution in [2.24, 2.45) is 0 Å². The minimum atomic E-state index is -1.18. The standard InChI is InChI=1S/C24H28FN3O4/c1-13-12-16(9-10-17(13)25)26-22(31)19-14(2)20(28-11-7-6-8-18(19)28)21(30)23(32)27-24(4,5)15(3)29/h9-10,12H,6-8,11H2,1-5H3,(H,26,31)(H,27,32). The number of benzene rings is 1. The van der Waals surface area contributed by atoms with E-state index in [-0.39, 0.29) is 17.3 Å². The number of carbonyl (C=O) groups is 4. The number of nitrogens with one attached hydrogen (secondary N) is 2. The lowest BCUT2D eigenvalue weighted by atomic mass is 9.99. The summed E-state index contributed by atoms with van der Waals surface area (Å²) in [6, 6.07) is 4.29. The van der Waals surface area contributed by atoms with Crippen molar-refractivity contribution in [2.45, 2.75) is 66.0 Å². The van der Waals surface area contributed by atoms with E-state index < -0.39 is 23.1 Å². The van der Waals surface area contributed by atoms with Gasteiger partial charge in [0.2, 0.25) is 0 Å². The molecule has 1 aliphatic rings. The zero-order valence-corrected chi connectivity index (χ0v) is 19.0. The first kappa shape index (κ1) is 23.4. The van der Waals surface area contributed by atoms with Crippen molar-refractivity contribution in [3.05, 3.63) is 52.1 Å². The van der Waals surface area contributed by atoms with Crippen LogP contribution in [0.2, 0.25) is 0 Å². The smallest absolute Gasteiger partial charge is 0.294 e. The predicted molar refractivity (Wildman–Crippen MR) is 118 cm³/mol. The molecule has 1 aliphatic heterocycles. The number of ketones is 2. The molecule has 0 unspecified atom stereocenters. The van der Waals surface area contributed by atoms with Gasteiger partial charge in [-0.15, -0.1) is 0 Å². The Bertz CT molecular complexity index is 1130. The molecule has 8 heteroatoms. The second kappa shape index (κ2) is 8.68. The van der Waals surface area contributed by atoms with E-state index >= 15 is 0 Å². The van der Waals surface area contributed by atoms with E-state index in [1.165, 1.54) is 39.0 Å². The number of hydrogen-bond acceptors (Lipinski definition) is 4. The third-order valence-electron chi connectivity index (χ3n) is 6.03. The zero-order chi connectivity index (χ0) is 23.8. The summed E-state index contributed by atoms with van der Waals surface area (Å²) < 4.78 is 15.3. The highest BCUT2D eigenvalue weighted by atomic mass is 19.1. The van der Waals surface area contributed by atoms with Gasteiger partial charge in [0.05, 0.1) is 16.8 Å². The molecule has 0 saturated heterocycles. The van der Waals surface area contributed by atoms with Gasteiger partial charge in [-0.2, -0.15) is 0 Å². The van der Waals surface area contributed by atoms with E-state index in [2.05, 4.69) is 10.6 Å². The van der Waals surface area contributed by atoms with E-state index in [1.54, 1.807) is 18.4 Å². The van der Waals surface area contributed by atoms with Crippen LogP contribution in [0.15, 0.2) is 18.2 Å². The summed E-state index contributed by atoms with van der Waals surface area (Å²) >= 11 is 0. The topological polar surface area (TPSA) is 97.3 Å². The SMILES string of the molecule is CC(=O)C(C)(C)NC(=O)C(=O)c1c(C)c(C(=O)Nc2ccc(F)c(C)c2)c2n1CCCC2. The Morgan fingerprint density at radius 1 is 1.09 bits per heavy atom. The lowest BCUT2D eigenvalue weighted by molar-refractivity contribution is -0.127. The van der Waals surface area contributed by atoms with Crippen molar-refractivity contribution in [3.8, 4) is 0 Å². The quantitative estimate of drug-likeness (QED) is 0.530. The third-order valence-corrected chi connectivity index (χ3v) is 6.03. The number of fused-ring (bicyclic) bond motifs is 1. The molecule has 2 N–H and O–H groups in total. The van der Waals surface area contributed by atoms with E-state index in [1.807, 2.05) is 0 Å². The second-order valence-electron chi connectivity index (χ2n) is 8.79. The Hall–Kier alpha value is -3.29. The highest BCUT2D eigenvalue weighted by Gasteiger charge is 2.35. The molecule has 0 radical (unpaired) electrons. The van der Waals surface area contributed by atoms with Gasteiger partial charge < -0.3 is 15.2 Å². The van der Waals surface area contributed by atoms with Crippen molar-refractivity contribution in [1.82, 2.24) is 9.88 Å². The van der Waals surface area contributed by atoms with E-state index in [9.17, 15) is 23.6 Å². The number of hydrogen-bond donors (Lipinski definition) is 2. The van der Waals surface area contributed by atoms with Crippen molar-refractivity contribution < 1.29 is 23.6 Å². The number of amides is 2. The van der Waals surface area contributed by atoms with Crippen LogP contribution in [0.1, 0.15) is 71.3 Å². The van der Waals surface area contributed by atoms with Crippen molar-refractivity contribution in [3.63, 3.8) is 0 Å². The molecule has 2 aromatic rings. The molecule has 0 aliphatic carbocycles. The average Bonchev–Trinajstić information content (AvgIpc) is 3.01. The Kier molecular flexibility index (Phi) is 6.34. The highest BCUT2D eigenvalue weighted by Crippen LogP contribution is 2.30. The number of anilines is 1. The van der Waals surface area contributed by atoms with Crippen LogP contribution in [0.25, 0.3) is 0 Å². The minimum absolute atomic E-state index is 0.164. The molecule has 0 spiro atoms. The monoisotopic (exact) mass is 441 g/mol. The molecule has 3 rings (SSSR count). The molecule has 32 heavy (non-hydrogen) atoms. The van der Waals surface area contributed by atoms with Crippen LogP contribution in [-0.4, -0.2) is 33.5 Å². The Morgan fingerprint density at radius 3 is 2.41 bits per heavy atom. The molecule has 7 nitrogen and oxygen atoms in total. The summed E-state index contributed by atoms with van der Waals surface area (Å²) in [5.74, 6) is -2.73. The van der Waals surface area contributed by atoms with E-state index in [4.69, 9.17) is 0 Å². The minimum Gasteiger partial charge on any atom is -0.341 e. The largest absolute Gasteiger partial charge is 0.341 e. The van der Waals surface area contributed by atoms with Crippen LogP contribution >= 0.6 is 0 Å². The molecule has 0 atom stereocenters. The van der Waals surface area contributed by atoms with Gasteiger partial charge in [0.15, 0.2) is 5.78 Å². The fourth-order valence-electron chi connectivity index (χ4n) is 3.92. The molecule has 2 heterocycles. The van der Waals surface area contributed by atoms with Gasteiger partial charge in [-0.1, -0.05) is 0 Å². The van der Waals surface area contributed by atoms with Crippen LogP contribution in [0.4, 0.5) is 10.1 Å². The molecule has 0 bridgehead atoms. The number of halogens is 1. The number of carbonyl (C=O) groups excluding carboxylic acids is 4. The first-order chi connectivity index (χ1) is 14.9. The van der Waals surface area contributed by atoms with Crippen molar-refractivity contribution >= 4 is 29.1 Å². The third kappa shape index (κ3) is 4.35. The maximum Gasteiger partial charge on any atom is 0.294 e. The van der Waals surface area contributed by atoms with Gasteiger partial charge in [-0.25, -0.2) is 4.39 Å². The first-order valence-electron chi connectivity index (χ1n) is 10.6. The summed E-state index contributed by atoms with van der Waals surface area (Å²) in [5.41, 5.74) is 1.30. The van der Waals surface area contributed by atoms with Crippen molar-refractivity contribution in [2.75, 3.05) is 5.32 Å². The fourth-order valence-corrected chi connectivity index (χ4v) is 3.92. The first-order valence-corrected chi connectivity index (χ1v) is 10.6. The number of rotatable bonds is 6. The molecule has 170 valence electrons. The number of Topliss-reactive ketones (excluding diaryl/α,β-unsaturated/α-hetero) is 2. The Morgan fingerprint density at radius 2 is 1.78 bits per heavy atom. The van der Waals surface area contributed by atoms with Crippen LogP contribution < -0.4 is 10.6 Å². The molecule has 1 aromatic carbocycles. The summed E-state index contributed by atoms with van der Waals surface area (Å²) in [4.78, 5) is 50.7. The maximum absolute atomic E-state index is 13.6. The molecular formula is C24H28FN3O4. The van der Waals surface area contributed by atoms with Gasteiger partial charge in [-0.3, -0.25) is 19.2 Å². The lowest BCUT2D eigenvalue weighted by Crippen LogP contribution is -2.51. The van der Waals surface area contributed by atoms with Crippen LogP contribution in [0.5, 0.6) is 0 Å².